The molecule has 0 saturated heterocycles. The molecule has 1 fully saturated rings. The Labute approximate surface area is 190 Å². The van der Waals surface area contributed by atoms with Crippen LogP contribution in [-0.4, -0.2) is 40.5 Å². The average molecular weight is 460 g/mol. The van der Waals surface area contributed by atoms with Crippen molar-refractivity contribution in [2.75, 3.05) is 13.7 Å². The molecule has 4 rings (SSSR count). The number of ether oxygens (including phenoxy) is 1. The maximum Gasteiger partial charge on any atom is 0.272 e. The van der Waals surface area contributed by atoms with E-state index < -0.39 is 0 Å². The van der Waals surface area contributed by atoms with Crippen LogP contribution >= 0.6 is 23.1 Å². The first kappa shape index (κ1) is 22.3. The SMILES string of the molecule is CCC(Sc1nc2c(sc3ccccc32)c(=O)n1CCCOC)C(=O)NC1CCCC1. The predicted octanol–water partition coefficient (Wildman–Crippen LogP) is 4.58. The number of carbonyl (C=O) groups excluding carboxylic acids is 1. The topological polar surface area (TPSA) is 73.2 Å². The Morgan fingerprint density at radius 1 is 1.35 bits per heavy atom. The number of hydrogen-bond acceptors (Lipinski definition) is 6. The summed E-state index contributed by atoms with van der Waals surface area (Å²) in [5, 5.41) is 4.54. The third-order valence-electron chi connectivity index (χ3n) is 5.79. The quantitative estimate of drug-likeness (QED) is 0.288. The van der Waals surface area contributed by atoms with Crippen LogP contribution < -0.4 is 10.9 Å². The van der Waals surface area contributed by atoms with Gasteiger partial charge in [0.05, 0.1) is 10.8 Å². The molecule has 1 unspecified atom stereocenters. The van der Waals surface area contributed by atoms with Gasteiger partial charge in [-0.25, -0.2) is 4.98 Å². The molecule has 1 atom stereocenters. The van der Waals surface area contributed by atoms with E-state index in [4.69, 9.17) is 9.72 Å². The van der Waals surface area contributed by atoms with Crippen molar-refractivity contribution in [3.05, 3.63) is 34.6 Å². The van der Waals surface area contributed by atoms with Crippen LogP contribution in [0.4, 0.5) is 0 Å². The van der Waals surface area contributed by atoms with Gasteiger partial charge in [-0.3, -0.25) is 14.2 Å². The highest BCUT2D eigenvalue weighted by molar-refractivity contribution is 8.00. The zero-order valence-corrected chi connectivity index (χ0v) is 19.7. The van der Waals surface area contributed by atoms with E-state index in [9.17, 15) is 9.59 Å². The number of nitrogens with one attached hydrogen (secondary N) is 1. The molecule has 0 aliphatic heterocycles. The van der Waals surface area contributed by atoms with Gasteiger partial charge in [-0.1, -0.05) is 49.7 Å². The van der Waals surface area contributed by atoms with Crippen molar-refractivity contribution >= 4 is 49.3 Å². The molecule has 6 nitrogen and oxygen atoms in total. The molecule has 8 heteroatoms. The molecule has 31 heavy (non-hydrogen) atoms. The van der Waals surface area contributed by atoms with Crippen molar-refractivity contribution in [2.24, 2.45) is 0 Å². The van der Waals surface area contributed by atoms with Gasteiger partial charge in [0, 0.05) is 36.4 Å². The highest BCUT2D eigenvalue weighted by Crippen LogP contribution is 2.33. The standard InChI is InChI=1S/C23H29N3O3S2/c1-3-17(21(27)24-15-9-4-5-10-15)31-23-25-19-16-11-6-7-12-18(16)30-20(19)22(28)26(23)13-8-14-29-2/h6-7,11-12,15,17H,3-5,8-10,13-14H2,1-2H3,(H,24,27). The molecule has 3 aromatic rings. The second-order valence-corrected chi connectivity index (χ2v) is 10.2. The highest BCUT2D eigenvalue weighted by Gasteiger charge is 2.26. The first-order chi connectivity index (χ1) is 15.1. The maximum atomic E-state index is 13.4. The second kappa shape index (κ2) is 10.1. The van der Waals surface area contributed by atoms with Crippen LogP contribution in [0.3, 0.4) is 0 Å². The predicted molar refractivity (Wildman–Crippen MR) is 128 cm³/mol. The number of thiophene rings is 1. The first-order valence-corrected chi connectivity index (χ1v) is 12.7. The summed E-state index contributed by atoms with van der Waals surface area (Å²) in [6.45, 7) is 3.10. The van der Waals surface area contributed by atoms with Gasteiger partial charge in [0.15, 0.2) is 5.16 Å². The fraction of sp³-hybridized carbons (Fsp3) is 0.522. The lowest BCUT2D eigenvalue weighted by atomic mass is 10.2. The summed E-state index contributed by atoms with van der Waals surface area (Å²) in [6, 6.07) is 8.26. The second-order valence-electron chi connectivity index (χ2n) is 7.98. The lowest BCUT2D eigenvalue weighted by Crippen LogP contribution is -2.39. The third-order valence-corrected chi connectivity index (χ3v) is 8.29. The lowest BCUT2D eigenvalue weighted by Gasteiger charge is -2.19. The molecule has 0 radical (unpaired) electrons. The van der Waals surface area contributed by atoms with Gasteiger partial charge in [-0.15, -0.1) is 11.3 Å². The Kier molecular flexibility index (Phi) is 7.30. The minimum absolute atomic E-state index is 0.0316. The van der Waals surface area contributed by atoms with E-state index in [1.165, 1.54) is 35.9 Å². The van der Waals surface area contributed by atoms with Gasteiger partial charge in [-0.05, 0) is 31.7 Å². The van der Waals surface area contributed by atoms with Crippen LogP contribution in [0, 0.1) is 0 Å². The van der Waals surface area contributed by atoms with Crippen molar-refractivity contribution in [1.82, 2.24) is 14.9 Å². The van der Waals surface area contributed by atoms with Gasteiger partial charge in [0.1, 0.15) is 4.70 Å². The van der Waals surface area contributed by atoms with Crippen LogP contribution in [0.25, 0.3) is 20.3 Å². The van der Waals surface area contributed by atoms with E-state index in [0.717, 1.165) is 28.4 Å². The summed E-state index contributed by atoms with van der Waals surface area (Å²) >= 11 is 2.90. The largest absolute Gasteiger partial charge is 0.385 e. The van der Waals surface area contributed by atoms with Crippen molar-refractivity contribution in [3.63, 3.8) is 0 Å². The summed E-state index contributed by atoms with van der Waals surface area (Å²) in [5.74, 6) is 0.0485. The fourth-order valence-corrected chi connectivity index (χ4v) is 6.25. The zero-order chi connectivity index (χ0) is 21.8. The fourth-order valence-electron chi connectivity index (χ4n) is 4.12. The number of nitrogens with zero attached hydrogens (tertiary/aromatic N) is 2. The molecule has 1 aromatic carbocycles. The minimum Gasteiger partial charge on any atom is -0.385 e. The summed E-state index contributed by atoms with van der Waals surface area (Å²) in [7, 11) is 1.66. The molecule has 2 aromatic heterocycles. The van der Waals surface area contributed by atoms with Crippen molar-refractivity contribution in [1.29, 1.82) is 0 Å². The minimum atomic E-state index is -0.275. The van der Waals surface area contributed by atoms with Crippen molar-refractivity contribution < 1.29 is 9.53 Å². The monoisotopic (exact) mass is 459 g/mol. The molecule has 166 valence electrons. The van der Waals surface area contributed by atoms with Crippen LogP contribution in [0.1, 0.15) is 45.4 Å². The number of fused-ring (bicyclic) bond motifs is 3. The average Bonchev–Trinajstić information content (AvgIpc) is 3.42. The first-order valence-electron chi connectivity index (χ1n) is 11.0. The number of thioether (sulfide) groups is 1. The molecular weight excluding hydrogens is 430 g/mol. The highest BCUT2D eigenvalue weighted by atomic mass is 32.2. The molecule has 0 bridgehead atoms. The number of benzene rings is 1. The molecule has 1 aliphatic carbocycles. The number of amides is 1. The summed E-state index contributed by atoms with van der Waals surface area (Å²) in [5.41, 5.74) is 0.706. The van der Waals surface area contributed by atoms with Crippen LogP contribution in [-0.2, 0) is 16.1 Å². The van der Waals surface area contributed by atoms with Gasteiger partial charge in [0.25, 0.3) is 5.56 Å². The zero-order valence-electron chi connectivity index (χ0n) is 18.1. The molecule has 1 N–H and O–H groups in total. The normalized spacial score (nSPS) is 15.7. The smallest absolute Gasteiger partial charge is 0.272 e. The lowest BCUT2D eigenvalue weighted by molar-refractivity contribution is -0.121. The van der Waals surface area contributed by atoms with Crippen LogP contribution in [0.2, 0.25) is 0 Å². The number of aromatic nitrogens is 2. The molecule has 1 saturated carbocycles. The summed E-state index contributed by atoms with van der Waals surface area (Å²) in [4.78, 5) is 31.3. The molecule has 2 heterocycles. The van der Waals surface area contributed by atoms with Gasteiger partial charge < -0.3 is 10.1 Å². The van der Waals surface area contributed by atoms with Gasteiger partial charge >= 0.3 is 0 Å². The van der Waals surface area contributed by atoms with Gasteiger partial charge in [0.2, 0.25) is 5.91 Å². The van der Waals surface area contributed by atoms with E-state index in [1.54, 1.807) is 11.7 Å². The number of rotatable bonds is 9. The summed E-state index contributed by atoms with van der Waals surface area (Å²) in [6.07, 6.45) is 5.86. The van der Waals surface area contributed by atoms with Gasteiger partial charge in [-0.2, -0.15) is 0 Å². The van der Waals surface area contributed by atoms with E-state index in [-0.39, 0.29) is 22.8 Å². The maximum absolute atomic E-state index is 13.4. The number of carbonyl (C=O) groups is 1. The van der Waals surface area contributed by atoms with Crippen molar-refractivity contribution in [3.8, 4) is 0 Å². The Hall–Kier alpha value is -1.90. The van der Waals surface area contributed by atoms with Crippen molar-refractivity contribution in [2.45, 2.75) is 68.4 Å². The Morgan fingerprint density at radius 2 is 2.13 bits per heavy atom. The van der Waals surface area contributed by atoms with Crippen LogP contribution in [0.5, 0.6) is 0 Å². The molecule has 1 aliphatic rings. The molecular formula is C23H29N3O3S2. The Bertz CT molecular complexity index is 1120. The number of hydrogen-bond donors (Lipinski definition) is 1. The Morgan fingerprint density at radius 3 is 2.87 bits per heavy atom. The van der Waals surface area contributed by atoms with E-state index >= 15 is 0 Å². The van der Waals surface area contributed by atoms with E-state index in [1.807, 2.05) is 31.2 Å². The third kappa shape index (κ3) is 4.81. The van der Waals surface area contributed by atoms with Crippen LogP contribution in [0.15, 0.2) is 34.2 Å². The van der Waals surface area contributed by atoms with E-state index in [0.29, 0.717) is 35.8 Å². The molecule has 0 spiro atoms. The summed E-state index contributed by atoms with van der Waals surface area (Å²) < 4.78 is 8.65. The number of methoxy groups -OCH3 is 1. The molecule has 1 amide bonds. The Balaban J connectivity index is 1.70. The van der Waals surface area contributed by atoms with E-state index in [2.05, 4.69) is 5.32 Å².